The van der Waals surface area contributed by atoms with Crippen LogP contribution in [0.4, 0.5) is 4.79 Å². The average molecular weight is 712 g/mol. The molecule has 3 aliphatic rings. The molecule has 0 radical (unpaired) electrons. The van der Waals surface area contributed by atoms with Gasteiger partial charge in [-0.3, -0.25) is 19.1 Å². The number of benzene rings is 1. The number of alkyl carbamates (subject to hydrolysis) is 1. The molecule has 1 saturated heterocycles. The molecule has 2 saturated carbocycles. The van der Waals surface area contributed by atoms with E-state index in [2.05, 4.69) is 21.6 Å². The normalized spacial score (nSPS) is 24.2. The molecule has 3 N–H and O–H groups in total. The van der Waals surface area contributed by atoms with E-state index in [9.17, 15) is 27.6 Å². The van der Waals surface area contributed by atoms with E-state index >= 15 is 0 Å². The van der Waals surface area contributed by atoms with Crippen molar-refractivity contribution in [3.05, 3.63) is 54.5 Å². The Labute approximate surface area is 293 Å². The third-order valence-corrected chi connectivity index (χ3v) is 11.1. The van der Waals surface area contributed by atoms with E-state index in [-0.39, 0.29) is 19.4 Å². The molecule has 4 amide bonds. The number of amides is 4. The van der Waals surface area contributed by atoms with Crippen LogP contribution in [0.1, 0.15) is 72.8 Å². The minimum Gasteiger partial charge on any atom is -0.580 e. The number of ether oxygens (including phenoxy) is 2. The van der Waals surface area contributed by atoms with Crippen LogP contribution in [-0.2, 0) is 29.1 Å². The summed E-state index contributed by atoms with van der Waals surface area (Å²) in [5, 5.41) is 4.13. The standard InChI is InChI=1S/C35H47N6O8S/c1-9-21-17-35(21,31(44)39-50(46,47)23-14-15-23)41(36)29(42)26-16-22(48-28-25-13-11-10-12-24(25)20(2)18-37-28)19-40(26)30(43)27(33(3,4)5)38-32(45)49-34(6,7)8/h9-13,18,21-23,26-27,36H,1,14-17,19H2,2-8H3,(H,38,45)(H,39,44)/q-1/t21?,22-,26?,27-,35-/m1/s1. The predicted molar refractivity (Wildman–Crippen MR) is 186 cm³/mol. The number of carbonyl (C=O) groups excluding carboxylic acids is 4. The molecule has 2 heterocycles. The van der Waals surface area contributed by atoms with Crippen LogP contribution >= 0.6 is 0 Å². The molecule has 1 aromatic heterocycles. The van der Waals surface area contributed by atoms with Crippen molar-refractivity contribution >= 4 is 44.6 Å². The van der Waals surface area contributed by atoms with Gasteiger partial charge >= 0.3 is 6.09 Å². The van der Waals surface area contributed by atoms with Crippen molar-refractivity contribution in [1.82, 2.24) is 24.9 Å². The largest absolute Gasteiger partial charge is 0.580 e. The number of hydrogen-bond donors (Lipinski definition) is 2. The second-order valence-corrected chi connectivity index (χ2v) is 17.5. The van der Waals surface area contributed by atoms with Crippen molar-refractivity contribution in [2.45, 2.75) is 109 Å². The summed E-state index contributed by atoms with van der Waals surface area (Å²) in [7, 11) is -3.98. The van der Waals surface area contributed by atoms with Crippen LogP contribution in [0.25, 0.3) is 16.6 Å². The van der Waals surface area contributed by atoms with Gasteiger partial charge in [0, 0.05) is 23.9 Å². The first-order valence-electron chi connectivity index (χ1n) is 16.7. The Kier molecular flexibility index (Phi) is 9.73. The lowest BCUT2D eigenvalue weighted by Gasteiger charge is -2.41. The minimum absolute atomic E-state index is 0.0115. The van der Waals surface area contributed by atoms with Crippen molar-refractivity contribution < 1.29 is 37.1 Å². The molecule has 272 valence electrons. The number of nitrogens with zero attached hydrogens (tertiary/aromatic N) is 3. The first-order valence-corrected chi connectivity index (χ1v) is 18.3. The lowest BCUT2D eigenvalue weighted by molar-refractivity contribution is -0.148. The van der Waals surface area contributed by atoms with Gasteiger partial charge in [-0.25, -0.2) is 18.2 Å². The molecule has 50 heavy (non-hydrogen) atoms. The molecule has 2 aliphatic carbocycles. The number of carbonyl (C=O) groups is 4. The topological polar surface area (TPSA) is 188 Å². The summed E-state index contributed by atoms with van der Waals surface area (Å²) in [5.74, 6) is 6.10. The van der Waals surface area contributed by atoms with Gasteiger partial charge in [0.05, 0.1) is 11.8 Å². The molecule has 5 atom stereocenters. The molecule has 1 aliphatic heterocycles. The third kappa shape index (κ3) is 7.43. The highest BCUT2D eigenvalue weighted by molar-refractivity contribution is 7.91. The van der Waals surface area contributed by atoms with Gasteiger partial charge in [-0.2, -0.15) is 0 Å². The minimum atomic E-state index is -3.98. The smallest absolute Gasteiger partial charge is 0.408 e. The molecule has 14 nitrogen and oxygen atoms in total. The highest BCUT2D eigenvalue weighted by Crippen LogP contribution is 2.51. The van der Waals surface area contributed by atoms with E-state index in [4.69, 9.17) is 15.3 Å². The van der Waals surface area contributed by atoms with Gasteiger partial charge in [-0.15, -0.1) is 6.58 Å². The second kappa shape index (κ2) is 13.1. The Morgan fingerprint density at radius 2 is 1.76 bits per heavy atom. The van der Waals surface area contributed by atoms with Crippen LogP contribution in [0.5, 0.6) is 5.88 Å². The Hall–Kier alpha value is -4.24. The van der Waals surface area contributed by atoms with Crippen molar-refractivity contribution in [2.75, 3.05) is 6.54 Å². The summed E-state index contributed by atoms with van der Waals surface area (Å²) in [6, 6.07) is 5.07. The first kappa shape index (κ1) is 37.0. The van der Waals surface area contributed by atoms with Crippen molar-refractivity contribution in [3.8, 4) is 5.88 Å². The SMILES string of the molecule is C=CC1C[C@@]1(C(=O)NS(=O)(=O)C1CC1)N([NH-])C(=O)C1C[C@@H](Oc2ncc(C)c3ccccc23)CN1C(=O)[C@@H](NC(=O)OC(C)(C)C)C(C)(C)C. The summed E-state index contributed by atoms with van der Waals surface area (Å²) in [6.45, 7) is 15.9. The summed E-state index contributed by atoms with van der Waals surface area (Å²) in [4.78, 5) is 61.0. The molecular weight excluding hydrogens is 664 g/mol. The van der Waals surface area contributed by atoms with E-state index in [1.165, 1.54) is 11.0 Å². The average Bonchev–Trinajstić information content (AvgIpc) is 3.95. The van der Waals surface area contributed by atoms with E-state index < -0.39 is 79.7 Å². The molecule has 0 spiro atoms. The van der Waals surface area contributed by atoms with Crippen LogP contribution in [0.3, 0.4) is 0 Å². The zero-order valence-electron chi connectivity index (χ0n) is 29.6. The van der Waals surface area contributed by atoms with Crippen molar-refractivity contribution in [3.63, 3.8) is 0 Å². The van der Waals surface area contributed by atoms with E-state index in [0.29, 0.717) is 23.7 Å². The number of sulfonamides is 1. The third-order valence-electron chi connectivity index (χ3n) is 9.32. The fourth-order valence-corrected chi connectivity index (χ4v) is 7.72. The summed E-state index contributed by atoms with van der Waals surface area (Å²) in [6.07, 6.45) is 2.26. The Morgan fingerprint density at radius 1 is 1.12 bits per heavy atom. The lowest BCUT2D eigenvalue weighted by atomic mass is 9.85. The number of aryl methyl sites for hydroxylation is 1. The second-order valence-electron chi connectivity index (χ2n) is 15.5. The predicted octanol–water partition coefficient (Wildman–Crippen LogP) is 4.18. The molecular formula is C35H47N6O8S-. The van der Waals surface area contributed by atoms with Crippen LogP contribution < -0.4 is 14.8 Å². The van der Waals surface area contributed by atoms with Crippen LogP contribution in [0.15, 0.2) is 43.1 Å². The summed E-state index contributed by atoms with van der Waals surface area (Å²) < 4.78 is 39.3. The van der Waals surface area contributed by atoms with Gasteiger partial charge in [-0.05, 0) is 69.4 Å². The molecule has 5 rings (SSSR count). The molecule has 2 unspecified atom stereocenters. The zero-order chi connectivity index (χ0) is 37.0. The van der Waals surface area contributed by atoms with Gasteiger partial charge in [0.1, 0.15) is 29.3 Å². The quantitative estimate of drug-likeness (QED) is 0.269. The summed E-state index contributed by atoms with van der Waals surface area (Å²) in [5.41, 5.74) is -2.59. The Morgan fingerprint density at radius 3 is 2.32 bits per heavy atom. The fraction of sp³-hybridized carbons (Fsp3) is 0.571. The lowest BCUT2D eigenvalue weighted by Crippen LogP contribution is -2.60. The van der Waals surface area contributed by atoms with Gasteiger partial charge in [0.2, 0.25) is 27.7 Å². The summed E-state index contributed by atoms with van der Waals surface area (Å²) >= 11 is 0. The van der Waals surface area contributed by atoms with Gasteiger partial charge in [0.25, 0.3) is 5.91 Å². The number of rotatable bonds is 10. The van der Waals surface area contributed by atoms with Crippen LogP contribution in [-0.4, -0.2) is 88.2 Å². The maximum absolute atomic E-state index is 14.5. The number of fused-ring (bicyclic) bond motifs is 1. The fourth-order valence-electron chi connectivity index (χ4n) is 6.36. The van der Waals surface area contributed by atoms with Gasteiger partial charge in [0.15, 0.2) is 0 Å². The number of pyridine rings is 1. The van der Waals surface area contributed by atoms with Gasteiger partial charge < -0.3 is 30.5 Å². The molecule has 0 bridgehead atoms. The van der Waals surface area contributed by atoms with Crippen LogP contribution in [0.2, 0.25) is 0 Å². The number of aromatic nitrogens is 1. The number of hydrogen-bond acceptors (Lipinski definition) is 9. The monoisotopic (exact) mass is 711 g/mol. The molecule has 2 aromatic rings. The number of nitrogens with one attached hydrogen (secondary N) is 3. The van der Waals surface area contributed by atoms with Crippen molar-refractivity contribution in [1.29, 1.82) is 0 Å². The Bertz CT molecular complexity index is 1810. The maximum atomic E-state index is 14.5. The highest BCUT2D eigenvalue weighted by atomic mass is 32.2. The van der Waals surface area contributed by atoms with E-state index in [0.717, 1.165) is 16.3 Å². The maximum Gasteiger partial charge on any atom is 0.408 e. The Balaban J connectivity index is 1.48. The zero-order valence-corrected chi connectivity index (χ0v) is 30.4. The van der Waals surface area contributed by atoms with Gasteiger partial charge in [-0.1, -0.05) is 45.0 Å². The highest BCUT2D eigenvalue weighted by Gasteiger charge is 2.63. The molecule has 1 aromatic carbocycles. The van der Waals surface area contributed by atoms with Crippen molar-refractivity contribution in [2.24, 2.45) is 11.3 Å². The molecule has 3 fully saturated rings. The van der Waals surface area contributed by atoms with E-state index in [1.54, 1.807) is 47.7 Å². The number of likely N-dealkylation sites (tertiary alicyclic amines) is 1. The molecule has 15 heteroatoms. The first-order chi connectivity index (χ1) is 23.2. The van der Waals surface area contributed by atoms with Crippen LogP contribution in [0, 0.1) is 18.3 Å². The van der Waals surface area contributed by atoms with E-state index in [1.807, 2.05) is 31.2 Å².